The predicted octanol–water partition coefficient (Wildman–Crippen LogP) is 1.51. The van der Waals surface area contributed by atoms with Crippen molar-refractivity contribution in [3.63, 3.8) is 0 Å². The van der Waals surface area contributed by atoms with Gasteiger partial charge in [-0.25, -0.2) is 23.4 Å². The molecule has 1 amide bonds. The van der Waals surface area contributed by atoms with Crippen LogP contribution in [0.4, 0.5) is 8.78 Å². The van der Waals surface area contributed by atoms with Crippen molar-refractivity contribution in [3.05, 3.63) is 88.5 Å². The molecule has 0 unspecified atom stereocenters. The Kier molecular flexibility index (Phi) is 5.26. The second-order valence-corrected chi connectivity index (χ2v) is 7.37. The van der Waals surface area contributed by atoms with Gasteiger partial charge in [0.1, 0.15) is 29.9 Å². The van der Waals surface area contributed by atoms with E-state index in [1.165, 1.54) is 48.8 Å². The first-order chi connectivity index (χ1) is 15.2. The van der Waals surface area contributed by atoms with Crippen molar-refractivity contribution in [3.8, 4) is 0 Å². The number of carbonyl (C=O) groups excluding carboxylic acids is 1. The lowest BCUT2D eigenvalue weighted by Gasteiger charge is -2.35. The molecule has 32 heavy (non-hydrogen) atoms. The van der Waals surface area contributed by atoms with Gasteiger partial charge >= 0.3 is 0 Å². The highest BCUT2D eigenvalue weighted by molar-refractivity contribution is 5.96. The lowest BCUT2D eigenvalue weighted by atomic mass is 9.86. The van der Waals surface area contributed by atoms with Crippen molar-refractivity contribution in [2.24, 2.45) is 5.73 Å². The second kappa shape index (κ2) is 7.93. The van der Waals surface area contributed by atoms with Crippen molar-refractivity contribution in [2.45, 2.75) is 25.1 Å². The van der Waals surface area contributed by atoms with Crippen LogP contribution in [0.5, 0.6) is 0 Å². The fourth-order valence-corrected chi connectivity index (χ4v) is 3.64. The number of nitrogens with zero attached hydrogens (tertiary/aromatic N) is 5. The first-order valence-electron chi connectivity index (χ1n) is 9.51. The van der Waals surface area contributed by atoms with Crippen LogP contribution in [-0.2, 0) is 12.1 Å². The molecule has 11 heteroatoms. The van der Waals surface area contributed by atoms with E-state index in [9.17, 15) is 23.5 Å². The van der Waals surface area contributed by atoms with Crippen LogP contribution >= 0.6 is 0 Å². The Balaban J connectivity index is 1.87. The Bertz CT molecular complexity index is 1370. The van der Waals surface area contributed by atoms with E-state index in [4.69, 9.17) is 5.73 Å². The fourth-order valence-electron chi connectivity index (χ4n) is 3.64. The van der Waals surface area contributed by atoms with Crippen molar-refractivity contribution in [2.75, 3.05) is 0 Å². The maximum Gasteiger partial charge on any atom is 0.261 e. The number of primary amides is 1. The Morgan fingerprint density at radius 2 is 2.00 bits per heavy atom. The zero-order valence-corrected chi connectivity index (χ0v) is 16.8. The molecule has 3 N–H and O–H groups in total. The molecule has 2 heterocycles. The minimum atomic E-state index is -2.03. The van der Waals surface area contributed by atoms with E-state index in [1.807, 2.05) is 0 Å². The summed E-state index contributed by atoms with van der Waals surface area (Å²) >= 11 is 0. The van der Waals surface area contributed by atoms with Gasteiger partial charge in [-0.2, -0.15) is 5.10 Å². The first kappa shape index (κ1) is 21.2. The van der Waals surface area contributed by atoms with Crippen molar-refractivity contribution < 1.29 is 18.7 Å². The van der Waals surface area contributed by atoms with E-state index in [2.05, 4.69) is 15.1 Å². The number of nitrogens with two attached hydrogens (primary N) is 1. The number of benzene rings is 2. The number of hydrogen-bond donors (Lipinski definition) is 2. The maximum absolute atomic E-state index is 14.7. The van der Waals surface area contributed by atoms with E-state index < -0.39 is 34.7 Å². The molecule has 4 rings (SSSR count). The minimum Gasteiger partial charge on any atom is -0.381 e. The molecule has 164 valence electrons. The predicted molar refractivity (Wildman–Crippen MR) is 110 cm³/mol. The van der Waals surface area contributed by atoms with Gasteiger partial charge in [-0.15, -0.1) is 0 Å². The maximum atomic E-state index is 14.7. The molecule has 9 nitrogen and oxygen atoms in total. The summed E-state index contributed by atoms with van der Waals surface area (Å²) in [5.41, 5.74) is 2.91. The quantitative estimate of drug-likeness (QED) is 0.468. The topological polar surface area (TPSA) is 129 Å². The molecule has 0 aliphatic rings. The normalized spacial score (nSPS) is 14.2. The zero-order valence-electron chi connectivity index (χ0n) is 16.8. The van der Waals surface area contributed by atoms with Crippen molar-refractivity contribution in [1.29, 1.82) is 0 Å². The van der Waals surface area contributed by atoms with Gasteiger partial charge in [0.2, 0.25) is 5.91 Å². The van der Waals surface area contributed by atoms with Gasteiger partial charge in [-0.3, -0.25) is 14.2 Å². The number of rotatable bonds is 6. The summed E-state index contributed by atoms with van der Waals surface area (Å²) < 4.78 is 30.7. The van der Waals surface area contributed by atoms with Gasteiger partial charge in [-0.1, -0.05) is 6.07 Å². The van der Waals surface area contributed by atoms with Gasteiger partial charge in [0.15, 0.2) is 0 Å². The Morgan fingerprint density at radius 3 is 2.66 bits per heavy atom. The summed E-state index contributed by atoms with van der Waals surface area (Å²) in [5.74, 6) is -2.45. The van der Waals surface area contributed by atoms with E-state index in [-0.39, 0.29) is 28.6 Å². The zero-order chi connectivity index (χ0) is 23.0. The second-order valence-electron chi connectivity index (χ2n) is 7.37. The highest BCUT2D eigenvalue weighted by Gasteiger charge is 2.41. The Morgan fingerprint density at radius 1 is 1.22 bits per heavy atom. The molecule has 2 aromatic carbocycles. The number of halogens is 2. The van der Waals surface area contributed by atoms with Crippen LogP contribution in [0.25, 0.3) is 10.9 Å². The molecule has 0 saturated heterocycles. The van der Waals surface area contributed by atoms with Gasteiger partial charge in [0.05, 0.1) is 29.8 Å². The molecule has 0 aliphatic carbocycles. The van der Waals surface area contributed by atoms with Crippen LogP contribution < -0.4 is 11.3 Å². The first-order valence-corrected chi connectivity index (χ1v) is 9.51. The average molecular weight is 440 g/mol. The molecule has 0 fully saturated rings. The van der Waals surface area contributed by atoms with E-state index >= 15 is 0 Å². The van der Waals surface area contributed by atoms with Gasteiger partial charge < -0.3 is 10.8 Å². The molecule has 0 saturated carbocycles. The molecule has 0 spiro atoms. The molecule has 4 aromatic rings. The van der Waals surface area contributed by atoms with Gasteiger partial charge in [0, 0.05) is 17.2 Å². The van der Waals surface area contributed by atoms with Gasteiger partial charge in [0.25, 0.3) is 5.56 Å². The number of amides is 1. The highest BCUT2D eigenvalue weighted by Crippen LogP contribution is 2.36. The largest absolute Gasteiger partial charge is 0.381 e. The number of aliphatic hydroxyl groups is 1. The van der Waals surface area contributed by atoms with E-state index in [0.29, 0.717) is 6.07 Å². The summed E-state index contributed by atoms with van der Waals surface area (Å²) in [6, 6.07) is 5.91. The smallest absolute Gasteiger partial charge is 0.261 e. The lowest BCUT2D eigenvalue weighted by molar-refractivity contribution is -0.0343. The standard InChI is InChI=1S/C21H18F2N6O3/c1-12(29-11-26-18-6-13(19(24)30)2-4-15(18)20(29)31)21(32,8-28-10-25-9-27-28)16-5-3-14(22)7-17(16)23/h2-7,9-12,32H,8H2,1H3,(H2,24,30)/t12-,21-/m1/s1. The van der Waals surface area contributed by atoms with Crippen molar-refractivity contribution >= 4 is 16.8 Å². The molecular formula is C21H18F2N6O3. The Hall–Kier alpha value is -3.99. The molecular weight excluding hydrogens is 422 g/mol. The summed E-state index contributed by atoms with van der Waals surface area (Å²) in [7, 11) is 0. The summed E-state index contributed by atoms with van der Waals surface area (Å²) in [5, 5.41) is 15.8. The average Bonchev–Trinajstić information content (AvgIpc) is 3.25. The monoisotopic (exact) mass is 440 g/mol. The summed E-state index contributed by atoms with van der Waals surface area (Å²) in [6.45, 7) is 1.23. The number of fused-ring (bicyclic) bond motifs is 1. The molecule has 2 aromatic heterocycles. The molecule has 2 atom stereocenters. The van der Waals surface area contributed by atoms with Crippen LogP contribution in [0.2, 0.25) is 0 Å². The lowest BCUT2D eigenvalue weighted by Crippen LogP contribution is -2.43. The summed E-state index contributed by atoms with van der Waals surface area (Å²) in [6.07, 6.45) is 3.76. The van der Waals surface area contributed by atoms with Crippen LogP contribution in [0.1, 0.15) is 28.9 Å². The minimum absolute atomic E-state index is 0.173. The third-order valence-corrected chi connectivity index (χ3v) is 5.44. The Labute approximate surface area is 179 Å². The van der Waals surface area contributed by atoms with Crippen LogP contribution in [0.3, 0.4) is 0 Å². The molecule has 0 aliphatic heterocycles. The van der Waals surface area contributed by atoms with Crippen LogP contribution in [0, 0.1) is 11.6 Å². The number of carbonyl (C=O) groups is 1. The van der Waals surface area contributed by atoms with E-state index in [1.54, 1.807) is 0 Å². The fraction of sp³-hybridized carbons (Fsp3) is 0.190. The number of hydrogen-bond acceptors (Lipinski definition) is 6. The SMILES string of the molecule is C[C@@H](n1cnc2cc(C(N)=O)ccc2c1=O)[C@](O)(Cn1cncn1)c1ccc(F)cc1F. The third-order valence-electron chi connectivity index (χ3n) is 5.44. The van der Waals surface area contributed by atoms with Crippen LogP contribution in [0.15, 0.2) is 60.2 Å². The van der Waals surface area contributed by atoms with E-state index in [0.717, 1.165) is 16.7 Å². The third kappa shape index (κ3) is 3.62. The highest BCUT2D eigenvalue weighted by atomic mass is 19.1. The van der Waals surface area contributed by atoms with Crippen LogP contribution in [-0.4, -0.2) is 35.3 Å². The van der Waals surface area contributed by atoms with Gasteiger partial charge in [-0.05, 0) is 31.2 Å². The summed E-state index contributed by atoms with van der Waals surface area (Å²) in [4.78, 5) is 32.6. The van der Waals surface area contributed by atoms with Crippen molar-refractivity contribution in [1.82, 2.24) is 24.3 Å². The molecule has 0 radical (unpaired) electrons. The number of aromatic nitrogens is 5. The molecule has 0 bridgehead atoms.